The number of nitrogens with one attached hydrogen (secondary N) is 1. The van der Waals surface area contributed by atoms with Crippen LogP contribution in [-0.2, 0) is 6.54 Å². The molecule has 0 aromatic carbocycles. The van der Waals surface area contributed by atoms with E-state index >= 15 is 0 Å². The summed E-state index contributed by atoms with van der Waals surface area (Å²) in [5, 5.41) is 3.19. The molecule has 1 aromatic rings. The van der Waals surface area contributed by atoms with Gasteiger partial charge in [-0.25, -0.2) is 4.98 Å². The first kappa shape index (κ1) is 16.7. The highest BCUT2D eigenvalue weighted by Crippen LogP contribution is 2.21. The van der Waals surface area contributed by atoms with E-state index in [0.29, 0.717) is 24.8 Å². The molecule has 0 aliphatic rings. The maximum atomic E-state index is 12.3. The molecule has 0 atom stereocenters. The topological polar surface area (TPSA) is 72.9 Å². The molecule has 1 heterocycles. The van der Waals surface area contributed by atoms with Crippen molar-refractivity contribution in [2.45, 2.75) is 47.1 Å². The van der Waals surface area contributed by atoms with Crippen molar-refractivity contribution >= 4 is 5.82 Å². The number of nitrogens with zero attached hydrogens (tertiary/aromatic N) is 2. The van der Waals surface area contributed by atoms with Crippen LogP contribution in [-0.4, -0.2) is 22.6 Å². The van der Waals surface area contributed by atoms with Gasteiger partial charge in [-0.3, -0.25) is 4.79 Å². The van der Waals surface area contributed by atoms with Gasteiger partial charge in [0.25, 0.3) is 5.56 Å². The summed E-state index contributed by atoms with van der Waals surface area (Å²) in [5.41, 5.74) is 5.61. The molecule has 0 aliphatic carbocycles. The molecule has 1 aromatic heterocycles. The Labute approximate surface area is 121 Å². The number of aromatic nitrogens is 2. The van der Waals surface area contributed by atoms with Crippen LogP contribution >= 0.6 is 0 Å². The number of hydrogen-bond acceptors (Lipinski definition) is 4. The Morgan fingerprint density at radius 2 is 2.15 bits per heavy atom. The monoisotopic (exact) mass is 280 g/mol. The molecule has 0 saturated heterocycles. The molecule has 0 aliphatic heterocycles. The summed E-state index contributed by atoms with van der Waals surface area (Å²) in [5.74, 6) is 0.873. The average molecular weight is 280 g/mol. The van der Waals surface area contributed by atoms with Gasteiger partial charge >= 0.3 is 0 Å². The number of rotatable bonds is 8. The largest absolute Gasteiger partial charge is 0.365 e. The standard InChI is InChI=1S/C15H28N4O/c1-12(2)10-19-9-8-17-13(14(19)20)18-11-15(3,4)6-5-7-16/h8-9,12H,5-7,10-11,16H2,1-4H3,(H,17,18). The second-order valence-corrected chi connectivity index (χ2v) is 6.54. The van der Waals surface area contributed by atoms with Gasteiger partial charge in [-0.2, -0.15) is 0 Å². The summed E-state index contributed by atoms with van der Waals surface area (Å²) < 4.78 is 1.72. The fourth-order valence-corrected chi connectivity index (χ4v) is 2.10. The maximum Gasteiger partial charge on any atom is 0.293 e. The molecule has 0 amide bonds. The summed E-state index contributed by atoms with van der Waals surface area (Å²) in [6, 6.07) is 0. The number of anilines is 1. The maximum absolute atomic E-state index is 12.3. The first-order chi connectivity index (χ1) is 9.35. The summed E-state index contributed by atoms with van der Waals surface area (Å²) in [7, 11) is 0. The lowest BCUT2D eigenvalue weighted by molar-refractivity contribution is 0.349. The van der Waals surface area contributed by atoms with Crippen molar-refractivity contribution in [1.82, 2.24) is 9.55 Å². The van der Waals surface area contributed by atoms with Crippen LogP contribution in [0.2, 0.25) is 0 Å². The number of nitrogens with two attached hydrogens (primary N) is 1. The van der Waals surface area contributed by atoms with Crippen molar-refractivity contribution in [3.63, 3.8) is 0 Å². The number of hydrogen-bond donors (Lipinski definition) is 2. The van der Waals surface area contributed by atoms with Crippen molar-refractivity contribution in [2.24, 2.45) is 17.1 Å². The molecule has 0 saturated carbocycles. The van der Waals surface area contributed by atoms with Gasteiger partial charge in [0.05, 0.1) is 0 Å². The van der Waals surface area contributed by atoms with Gasteiger partial charge in [-0.15, -0.1) is 0 Å². The van der Waals surface area contributed by atoms with Crippen LogP contribution in [0.4, 0.5) is 5.82 Å². The Balaban J connectivity index is 2.71. The van der Waals surface area contributed by atoms with E-state index in [4.69, 9.17) is 5.73 Å². The first-order valence-corrected chi connectivity index (χ1v) is 7.35. The van der Waals surface area contributed by atoms with E-state index in [1.807, 2.05) is 0 Å². The molecule has 0 spiro atoms. The Morgan fingerprint density at radius 3 is 2.75 bits per heavy atom. The third-order valence-electron chi connectivity index (χ3n) is 3.27. The van der Waals surface area contributed by atoms with Crippen molar-refractivity contribution < 1.29 is 0 Å². The van der Waals surface area contributed by atoms with Gasteiger partial charge in [-0.05, 0) is 30.7 Å². The van der Waals surface area contributed by atoms with E-state index in [1.54, 1.807) is 17.0 Å². The molecule has 0 fully saturated rings. The average Bonchev–Trinajstić information content (AvgIpc) is 2.37. The van der Waals surface area contributed by atoms with Gasteiger partial charge in [0.15, 0.2) is 5.82 Å². The Bertz CT molecular complexity index is 465. The van der Waals surface area contributed by atoms with E-state index < -0.39 is 0 Å². The lowest BCUT2D eigenvalue weighted by Gasteiger charge is -2.25. The van der Waals surface area contributed by atoms with E-state index in [1.165, 1.54) is 0 Å². The Hall–Kier alpha value is -1.36. The van der Waals surface area contributed by atoms with Crippen molar-refractivity contribution in [3.05, 3.63) is 22.7 Å². The molecule has 0 unspecified atom stereocenters. The Kier molecular flexibility index (Phi) is 6.20. The fourth-order valence-electron chi connectivity index (χ4n) is 2.10. The lowest BCUT2D eigenvalue weighted by atomic mass is 9.88. The minimum Gasteiger partial charge on any atom is -0.365 e. The van der Waals surface area contributed by atoms with Crippen LogP contribution in [0.25, 0.3) is 0 Å². The van der Waals surface area contributed by atoms with Crippen molar-refractivity contribution in [3.8, 4) is 0 Å². The van der Waals surface area contributed by atoms with E-state index in [9.17, 15) is 4.79 Å². The molecule has 3 N–H and O–H groups in total. The van der Waals surface area contributed by atoms with E-state index in [-0.39, 0.29) is 11.0 Å². The molecule has 5 nitrogen and oxygen atoms in total. The second-order valence-electron chi connectivity index (χ2n) is 6.54. The zero-order chi connectivity index (χ0) is 15.2. The van der Waals surface area contributed by atoms with Gasteiger partial charge < -0.3 is 15.6 Å². The van der Waals surface area contributed by atoms with Gasteiger partial charge in [0, 0.05) is 25.5 Å². The third-order valence-corrected chi connectivity index (χ3v) is 3.27. The quantitative estimate of drug-likeness (QED) is 0.764. The molecule has 114 valence electrons. The van der Waals surface area contributed by atoms with Gasteiger partial charge in [0.2, 0.25) is 0 Å². The van der Waals surface area contributed by atoms with E-state index in [0.717, 1.165) is 19.4 Å². The molecule has 20 heavy (non-hydrogen) atoms. The molecular weight excluding hydrogens is 252 g/mol. The van der Waals surface area contributed by atoms with Gasteiger partial charge in [-0.1, -0.05) is 27.7 Å². The summed E-state index contributed by atoms with van der Waals surface area (Å²) in [4.78, 5) is 16.4. The third kappa shape index (κ3) is 5.33. The first-order valence-electron chi connectivity index (χ1n) is 7.35. The normalized spacial score (nSPS) is 11.9. The predicted molar refractivity (Wildman–Crippen MR) is 83.9 cm³/mol. The second kappa shape index (κ2) is 7.43. The Morgan fingerprint density at radius 1 is 1.45 bits per heavy atom. The SMILES string of the molecule is CC(C)Cn1ccnc(NCC(C)(C)CCCN)c1=O. The smallest absolute Gasteiger partial charge is 0.293 e. The lowest BCUT2D eigenvalue weighted by Crippen LogP contribution is -2.30. The van der Waals surface area contributed by atoms with Crippen LogP contribution < -0.4 is 16.6 Å². The molecule has 0 bridgehead atoms. The van der Waals surface area contributed by atoms with Crippen LogP contribution in [0, 0.1) is 11.3 Å². The summed E-state index contributed by atoms with van der Waals surface area (Å²) in [6.07, 6.45) is 5.45. The summed E-state index contributed by atoms with van der Waals surface area (Å²) >= 11 is 0. The fraction of sp³-hybridized carbons (Fsp3) is 0.733. The molecular formula is C15H28N4O. The zero-order valence-corrected chi connectivity index (χ0v) is 13.1. The van der Waals surface area contributed by atoms with Crippen LogP contribution in [0.3, 0.4) is 0 Å². The summed E-state index contributed by atoms with van der Waals surface area (Å²) in [6.45, 7) is 10.7. The zero-order valence-electron chi connectivity index (χ0n) is 13.1. The van der Waals surface area contributed by atoms with Crippen molar-refractivity contribution in [2.75, 3.05) is 18.4 Å². The highest BCUT2D eigenvalue weighted by molar-refractivity contribution is 5.31. The van der Waals surface area contributed by atoms with Crippen LogP contribution in [0.5, 0.6) is 0 Å². The van der Waals surface area contributed by atoms with E-state index in [2.05, 4.69) is 38.0 Å². The van der Waals surface area contributed by atoms with Crippen molar-refractivity contribution in [1.29, 1.82) is 0 Å². The predicted octanol–water partition coefficient (Wildman–Crippen LogP) is 2.08. The highest BCUT2D eigenvalue weighted by atomic mass is 16.1. The molecule has 5 heteroatoms. The molecule has 1 rings (SSSR count). The van der Waals surface area contributed by atoms with Crippen LogP contribution in [0.1, 0.15) is 40.5 Å². The van der Waals surface area contributed by atoms with Crippen LogP contribution in [0.15, 0.2) is 17.2 Å². The highest BCUT2D eigenvalue weighted by Gasteiger charge is 2.18. The minimum atomic E-state index is -0.0455. The minimum absolute atomic E-state index is 0.0455. The van der Waals surface area contributed by atoms with Gasteiger partial charge in [0.1, 0.15) is 0 Å². The molecule has 0 radical (unpaired) electrons.